The number of nitrogens with two attached hydrogens (primary N) is 2. The first-order valence-corrected chi connectivity index (χ1v) is 13.2. The molecule has 0 spiro atoms. The van der Waals surface area contributed by atoms with E-state index in [1.165, 1.54) is 90.3 Å². The van der Waals surface area contributed by atoms with Gasteiger partial charge in [0, 0.05) is 11.4 Å². The van der Waals surface area contributed by atoms with E-state index >= 15 is 0 Å². The van der Waals surface area contributed by atoms with E-state index in [4.69, 9.17) is 11.5 Å². The van der Waals surface area contributed by atoms with Crippen molar-refractivity contribution in [3.05, 3.63) is 56.6 Å². The fourth-order valence-electron chi connectivity index (χ4n) is 7.87. The first-order valence-electron chi connectivity index (χ1n) is 13.2. The van der Waals surface area contributed by atoms with E-state index in [1.54, 1.807) is 5.56 Å². The number of anilines is 2. The lowest BCUT2D eigenvalue weighted by Gasteiger charge is -2.21. The Kier molecular flexibility index (Phi) is 4.69. The van der Waals surface area contributed by atoms with Gasteiger partial charge < -0.3 is 11.5 Å². The van der Waals surface area contributed by atoms with Gasteiger partial charge in [0.25, 0.3) is 0 Å². The molecule has 3 unspecified atom stereocenters. The second kappa shape index (κ2) is 7.27. The molecule has 6 rings (SSSR count). The molecule has 0 heterocycles. The predicted molar refractivity (Wildman–Crippen MR) is 135 cm³/mol. The predicted octanol–water partition coefficient (Wildman–Crippen LogP) is 6.62. The molecule has 0 radical (unpaired) electrons. The van der Waals surface area contributed by atoms with Crippen LogP contribution < -0.4 is 11.5 Å². The van der Waals surface area contributed by atoms with Gasteiger partial charge in [0.2, 0.25) is 0 Å². The van der Waals surface area contributed by atoms with Gasteiger partial charge in [-0.05, 0) is 145 Å². The normalized spacial score (nSPS) is 27.8. The van der Waals surface area contributed by atoms with Gasteiger partial charge in [0.1, 0.15) is 0 Å². The van der Waals surface area contributed by atoms with Crippen molar-refractivity contribution in [2.45, 2.75) is 90.9 Å². The number of aryl methyl sites for hydroxylation is 3. The van der Waals surface area contributed by atoms with Crippen LogP contribution in [0.4, 0.5) is 11.4 Å². The second-order valence-electron chi connectivity index (χ2n) is 11.8. The lowest BCUT2D eigenvalue weighted by Crippen LogP contribution is -2.11. The molecule has 4 aliphatic carbocycles. The Morgan fingerprint density at radius 1 is 0.812 bits per heavy atom. The van der Waals surface area contributed by atoms with Gasteiger partial charge in [-0.1, -0.05) is 26.0 Å². The maximum atomic E-state index is 6.85. The number of nitrogen functional groups attached to an aromatic ring is 2. The minimum Gasteiger partial charge on any atom is -0.398 e. The minimum atomic E-state index is 0.569. The van der Waals surface area contributed by atoms with Crippen molar-refractivity contribution in [3.8, 4) is 0 Å². The summed E-state index contributed by atoms with van der Waals surface area (Å²) in [6, 6.07) is 4.93. The zero-order chi connectivity index (χ0) is 22.3. The molecule has 2 fully saturated rings. The third kappa shape index (κ3) is 3.12. The van der Waals surface area contributed by atoms with Gasteiger partial charge in [-0.15, -0.1) is 0 Å². The average Bonchev–Trinajstić information content (AvgIpc) is 3.66. The van der Waals surface area contributed by atoms with Crippen LogP contribution in [0.1, 0.15) is 95.9 Å². The maximum Gasteiger partial charge on any atom is 0.0387 e. The van der Waals surface area contributed by atoms with Gasteiger partial charge in [0.15, 0.2) is 0 Å². The SMILES string of the molecule is Cc1cc2c(c(N)c1[C@@H](C)C1CC1C1Cc3cc(C)c([C@H](C)C4CC4)c(N)c3C1)CCC2. The maximum absolute atomic E-state index is 6.85. The van der Waals surface area contributed by atoms with E-state index < -0.39 is 0 Å². The summed E-state index contributed by atoms with van der Waals surface area (Å²) in [5, 5.41) is 0. The fraction of sp³-hybridized carbons (Fsp3) is 0.600. The minimum absolute atomic E-state index is 0.569. The van der Waals surface area contributed by atoms with Crippen LogP contribution in [0.3, 0.4) is 0 Å². The molecule has 2 saturated carbocycles. The van der Waals surface area contributed by atoms with E-state index in [2.05, 4.69) is 39.8 Å². The Labute approximate surface area is 194 Å². The van der Waals surface area contributed by atoms with E-state index in [9.17, 15) is 0 Å². The van der Waals surface area contributed by atoms with E-state index in [0.29, 0.717) is 11.8 Å². The lowest BCUT2D eigenvalue weighted by molar-refractivity contribution is 0.437. The van der Waals surface area contributed by atoms with Crippen molar-refractivity contribution in [3.63, 3.8) is 0 Å². The highest BCUT2D eigenvalue weighted by atomic mass is 14.6. The second-order valence-corrected chi connectivity index (χ2v) is 11.8. The fourth-order valence-corrected chi connectivity index (χ4v) is 7.87. The summed E-state index contributed by atoms with van der Waals surface area (Å²) in [6.45, 7) is 9.42. The van der Waals surface area contributed by atoms with E-state index in [1.807, 2.05) is 0 Å². The first-order chi connectivity index (χ1) is 15.3. The van der Waals surface area contributed by atoms with E-state index in [0.717, 1.165) is 35.0 Å². The average molecular weight is 429 g/mol. The number of fused-ring (bicyclic) bond motifs is 2. The quantitative estimate of drug-likeness (QED) is 0.525. The monoisotopic (exact) mass is 428 g/mol. The number of hydrogen-bond donors (Lipinski definition) is 2. The molecule has 0 bridgehead atoms. The summed E-state index contributed by atoms with van der Waals surface area (Å²) in [5.74, 6) is 4.43. The van der Waals surface area contributed by atoms with Crippen molar-refractivity contribution in [1.29, 1.82) is 0 Å². The zero-order valence-corrected chi connectivity index (χ0v) is 20.4. The smallest absolute Gasteiger partial charge is 0.0387 e. The van der Waals surface area contributed by atoms with Crippen molar-refractivity contribution in [2.24, 2.45) is 23.7 Å². The van der Waals surface area contributed by atoms with Crippen molar-refractivity contribution in [2.75, 3.05) is 11.5 Å². The molecule has 0 saturated heterocycles. The molecule has 5 atom stereocenters. The molecular formula is C30H40N2. The van der Waals surface area contributed by atoms with Crippen LogP contribution in [0.5, 0.6) is 0 Å². The molecule has 2 aromatic carbocycles. The van der Waals surface area contributed by atoms with Crippen LogP contribution in [0, 0.1) is 37.5 Å². The van der Waals surface area contributed by atoms with Crippen LogP contribution in [0.2, 0.25) is 0 Å². The topological polar surface area (TPSA) is 52.0 Å². The number of benzene rings is 2. The number of rotatable bonds is 5. The third-order valence-corrected chi connectivity index (χ3v) is 9.84. The summed E-state index contributed by atoms with van der Waals surface area (Å²) < 4.78 is 0. The van der Waals surface area contributed by atoms with Gasteiger partial charge in [-0.2, -0.15) is 0 Å². The van der Waals surface area contributed by atoms with Crippen LogP contribution in [-0.4, -0.2) is 0 Å². The van der Waals surface area contributed by atoms with Gasteiger partial charge in [-0.3, -0.25) is 0 Å². The molecule has 32 heavy (non-hydrogen) atoms. The Hall–Kier alpha value is -1.96. The molecule has 2 nitrogen and oxygen atoms in total. The van der Waals surface area contributed by atoms with Crippen LogP contribution in [0.15, 0.2) is 12.1 Å². The molecule has 0 aliphatic heterocycles. The van der Waals surface area contributed by atoms with Crippen molar-refractivity contribution in [1.82, 2.24) is 0 Å². The largest absolute Gasteiger partial charge is 0.398 e. The summed E-state index contributed by atoms with van der Waals surface area (Å²) >= 11 is 0. The molecule has 0 amide bonds. The Morgan fingerprint density at radius 3 is 2.19 bits per heavy atom. The third-order valence-electron chi connectivity index (χ3n) is 9.84. The summed E-state index contributed by atoms with van der Waals surface area (Å²) in [5.41, 5.74) is 27.7. The van der Waals surface area contributed by atoms with Crippen LogP contribution in [0.25, 0.3) is 0 Å². The molecule has 4 aliphatic rings. The summed E-state index contributed by atoms with van der Waals surface area (Å²) in [6.07, 6.45) is 10.2. The Bertz CT molecular complexity index is 1090. The zero-order valence-electron chi connectivity index (χ0n) is 20.4. The highest BCUT2D eigenvalue weighted by Gasteiger charge is 2.48. The lowest BCUT2D eigenvalue weighted by atomic mass is 9.85. The number of hydrogen-bond acceptors (Lipinski definition) is 2. The highest BCUT2D eigenvalue weighted by Crippen LogP contribution is 2.57. The molecule has 4 N–H and O–H groups in total. The first kappa shape index (κ1) is 20.6. The Morgan fingerprint density at radius 2 is 1.47 bits per heavy atom. The van der Waals surface area contributed by atoms with Gasteiger partial charge >= 0.3 is 0 Å². The Balaban J connectivity index is 1.22. The van der Waals surface area contributed by atoms with Crippen LogP contribution in [-0.2, 0) is 25.7 Å². The standard InChI is InChI=1S/C30H40N2/c1-15-10-20-6-5-7-23(20)29(31)28(15)18(4)24-14-25(24)22-12-21-11-16(2)27(17(3)19-8-9-19)30(32)26(21)13-22/h10-11,17-19,22,24-25H,5-9,12-14,31-32H2,1-4H3/t17-,18+,22?,24?,25?/m1/s1. The van der Waals surface area contributed by atoms with E-state index in [-0.39, 0.29) is 0 Å². The summed E-state index contributed by atoms with van der Waals surface area (Å²) in [4.78, 5) is 0. The van der Waals surface area contributed by atoms with Crippen molar-refractivity contribution < 1.29 is 0 Å². The molecule has 170 valence electrons. The molecular weight excluding hydrogens is 388 g/mol. The molecule has 2 aromatic rings. The van der Waals surface area contributed by atoms with Gasteiger partial charge in [-0.25, -0.2) is 0 Å². The van der Waals surface area contributed by atoms with Crippen LogP contribution >= 0.6 is 0 Å². The van der Waals surface area contributed by atoms with Crippen molar-refractivity contribution >= 4 is 11.4 Å². The molecule has 2 heteroatoms. The molecule has 0 aromatic heterocycles. The van der Waals surface area contributed by atoms with Gasteiger partial charge in [0.05, 0.1) is 0 Å². The highest BCUT2D eigenvalue weighted by molar-refractivity contribution is 5.64. The summed E-state index contributed by atoms with van der Waals surface area (Å²) in [7, 11) is 0.